The molecule has 1 saturated heterocycles. The molecule has 0 bridgehead atoms. The molecule has 5 heavy (non-hydrogen) atoms. The van der Waals surface area contributed by atoms with Crippen molar-refractivity contribution in [3.05, 3.63) is 0 Å². The van der Waals surface area contributed by atoms with Crippen LogP contribution < -0.4 is 0 Å². The molecule has 0 N–H and O–H groups in total. The minimum Gasteiger partial charge on any atom is -0.142 e. The number of rotatable bonds is 0. The van der Waals surface area contributed by atoms with E-state index in [1.165, 1.54) is 0 Å². The molecule has 1 rings (SSSR count). The Hall–Kier alpha value is 0.0600. The molecule has 0 aliphatic carbocycles. The summed E-state index contributed by atoms with van der Waals surface area (Å²) in [4.78, 5) is 0. The molecule has 28 valence electrons. The summed E-state index contributed by atoms with van der Waals surface area (Å²) in [6, 6.07) is 0. The molecular weight excluding hydrogens is 87.0 g/mol. The maximum Gasteiger partial charge on any atom is 0.510 e. The third-order valence-corrected chi connectivity index (χ3v) is 1.53. The van der Waals surface area contributed by atoms with Gasteiger partial charge < -0.3 is 0 Å². The van der Waals surface area contributed by atoms with Crippen LogP contribution in [-0.2, 0) is 9.09 Å². The Morgan fingerprint density at radius 2 is 2.20 bits per heavy atom. The molecule has 3 heteroatoms. The van der Waals surface area contributed by atoms with E-state index in [4.69, 9.17) is 0 Å². The van der Waals surface area contributed by atoms with Crippen molar-refractivity contribution >= 4 is 8.03 Å². The Bertz CT molecular complexity index is 54.7. The van der Waals surface area contributed by atoms with E-state index in [2.05, 4.69) is 4.52 Å². The molecule has 1 atom stereocenters. The second-order valence-corrected chi connectivity index (χ2v) is 2.26. The normalized spacial score (nSPS) is 29.2. The molecule has 0 aromatic rings. The van der Waals surface area contributed by atoms with Gasteiger partial charge in [0.25, 0.3) is 0 Å². The van der Waals surface area contributed by atoms with E-state index in [1.54, 1.807) is 0 Å². The van der Waals surface area contributed by atoms with Gasteiger partial charge in [-0.3, -0.25) is 0 Å². The Morgan fingerprint density at radius 3 is 2.20 bits per heavy atom. The molecule has 2 nitrogen and oxygen atoms in total. The highest BCUT2D eigenvalue weighted by Gasteiger charge is 2.28. The van der Waals surface area contributed by atoms with Crippen LogP contribution in [0, 0.1) is 0 Å². The maximum atomic E-state index is 9.83. The molecule has 0 saturated carbocycles. The lowest BCUT2D eigenvalue weighted by Gasteiger charge is -1.90. The minimum atomic E-state index is -1.17. The summed E-state index contributed by atoms with van der Waals surface area (Å²) in [5.74, 6) is 0. The van der Waals surface area contributed by atoms with Gasteiger partial charge in [-0.15, -0.1) is 4.52 Å². The molecule has 0 aromatic heterocycles. The van der Waals surface area contributed by atoms with Crippen LogP contribution in [-0.4, -0.2) is 12.8 Å². The predicted octanol–water partition coefficient (Wildman–Crippen LogP) is 0.759. The van der Waals surface area contributed by atoms with Crippen LogP contribution in [0.15, 0.2) is 0 Å². The van der Waals surface area contributed by atoms with Crippen LogP contribution in [0.5, 0.6) is 0 Å². The quantitative estimate of drug-likeness (QED) is 0.411. The van der Waals surface area contributed by atoms with Gasteiger partial charge in [0.1, 0.15) is 6.61 Å². The monoisotopic (exact) mass is 91.0 g/mol. The van der Waals surface area contributed by atoms with Crippen molar-refractivity contribution in [1.29, 1.82) is 0 Å². The summed E-state index contributed by atoms with van der Waals surface area (Å²) >= 11 is 0. The fraction of sp³-hybridized carbons (Fsp3) is 1.00. The second kappa shape index (κ2) is 1.04. The summed E-state index contributed by atoms with van der Waals surface area (Å²) in [5, 5.41) is 0. The Balaban J connectivity index is 2.32. The van der Waals surface area contributed by atoms with Crippen molar-refractivity contribution in [3.8, 4) is 0 Å². The first-order valence-corrected chi connectivity index (χ1v) is 2.83. The van der Waals surface area contributed by atoms with Crippen LogP contribution in [0.3, 0.4) is 0 Å². The highest BCUT2D eigenvalue weighted by Crippen LogP contribution is 2.30. The highest BCUT2D eigenvalue weighted by molar-refractivity contribution is 7.40. The smallest absolute Gasteiger partial charge is 0.142 e. The van der Waals surface area contributed by atoms with Crippen molar-refractivity contribution in [2.24, 2.45) is 0 Å². The van der Waals surface area contributed by atoms with Crippen LogP contribution in [0.25, 0.3) is 0 Å². The van der Waals surface area contributed by atoms with Crippen molar-refractivity contribution < 1.29 is 9.09 Å². The molecule has 0 aromatic carbocycles. The van der Waals surface area contributed by atoms with Crippen molar-refractivity contribution in [1.82, 2.24) is 0 Å². The lowest BCUT2D eigenvalue weighted by atomic mass is 10.9. The average molecular weight is 91.0 g/mol. The van der Waals surface area contributed by atoms with E-state index in [9.17, 15) is 4.57 Å². The van der Waals surface area contributed by atoms with Gasteiger partial charge in [0, 0.05) is 0 Å². The number of hydrogen-bond donors (Lipinski definition) is 0. The highest BCUT2D eigenvalue weighted by atomic mass is 31.1. The van der Waals surface area contributed by atoms with E-state index < -0.39 is 8.03 Å². The SMILES string of the molecule is O=[P+]1CCO1. The fourth-order valence-electron chi connectivity index (χ4n) is 0.166. The van der Waals surface area contributed by atoms with Crippen LogP contribution in [0.4, 0.5) is 0 Å². The van der Waals surface area contributed by atoms with Gasteiger partial charge in [0.2, 0.25) is 6.16 Å². The van der Waals surface area contributed by atoms with Gasteiger partial charge in [0.15, 0.2) is 0 Å². The zero-order chi connectivity index (χ0) is 3.70. The Kier molecular flexibility index (Phi) is 0.674. The van der Waals surface area contributed by atoms with E-state index in [-0.39, 0.29) is 0 Å². The van der Waals surface area contributed by atoms with Crippen molar-refractivity contribution in [2.75, 3.05) is 12.8 Å². The van der Waals surface area contributed by atoms with Crippen LogP contribution in [0.2, 0.25) is 0 Å². The number of hydrogen-bond acceptors (Lipinski definition) is 2. The Labute approximate surface area is 31.0 Å². The fourth-order valence-corrected chi connectivity index (χ4v) is 0.497. The third kappa shape index (κ3) is 0.469. The summed E-state index contributed by atoms with van der Waals surface area (Å²) in [6.07, 6.45) is 0.773. The summed E-state index contributed by atoms with van der Waals surface area (Å²) in [5.41, 5.74) is 0. The Morgan fingerprint density at radius 1 is 1.80 bits per heavy atom. The lowest BCUT2D eigenvalue weighted by Crippen LogP contribution is -2.01. The third-order valence-electron chi connectivity index (χ3n) is 0.509. The van der Waals surface area contributed by atoms with E-state index >= 15 is 0 Å². The first kappa shape index (κ1) is 3.26. The lowest BCUT2D eigenvalue weighted by molar-refractivity contribution is 0.300. The topological polar surface area (TPSA) is 26.3 Å². The van der Waals surface area contributed by atoms with Crippen molar-refractivity contribution in [2.45, 2.75) is 0 Å². The van der Waals surface area contributed by atoms with Gasteiger partial charge in [0.05, 0.1) is 0 Å². The average Bonchev–Trinajstić information content (AvgIpc) is 1.30. The molecule has 1 unspecified atom stereocenters. The molecule has 1 aliphatic rings. The zero-order valence-electron chi connectivity index (χ0n) is 2.68. The summed E-state index contributed by atoms with van der Waals surface area (Å²) < 4.78 is 14.3. The van der Waals surface area contributed by atoms with Gasteiger partial charge in [-0.2, -0.15) is 0 Å². The second-order valence-electron chi connectivity index (χ2n) is 0.890. The zero-order valence-corrected chi connectivity index (χ0v) is 3.57. The van der Waals surface area contributed by atoms with E-state index in [0.717, 1.165) is 6.16 Å². The van der Waals surface area contributed by atoms with Crippen LogP contribution >= 0.6 is 8.03 Å². The first-order chi connectivity index (χ1) is 2.39. The molecule has 1 aliphatic heterocycles. The van der Waals surface area contributed by atoms with Crippen molar-refractivity contribution in [3.63, 3.8) is 0 Å². The molecule has 0 radical (unpaired) electrons. The molecule has 1 fully saturated rings. The van der Waals surface area contributed by atoms with E-state index in [0.29, 0.717) is 6.61 Å². The van der Waals surface area contributed by atoms with Crippen LogP contribution in [0.1, 0.15) is 0 Å². The maximum absolute atomic E-state index is 9.83. The summed E-state index contributed by atoms with van der Waals surface area (Å²) in [6.45, 7) is 0.704. The molecular formula is C2H4O2P+. The largest absolute Gasteiger partial charge is 0.510 e. The predicted molar refractivity (Wildman–Crippen MR) is 18.4 cm³/mol. The van der Waals surface area contributed by atoms with Gasteiger partial charge in [-0.1, -0.05) is 0 Å². The van der Waals surface area contributed by atoms with E-state index in [1.807, 2.05) is 0 Å². The standard InChI is InChI=1S/C2H4O2P/c3-5-2-1-4-5/h1-2H2/q+1. The van der Waals surface area contributed by atoms with Gasteiger partial charge in [-0.05, 0) is 4.57 Å². The van der Waals surface area contributed by atoms with Gasteiger partial charge >= 0.3 is 8.03 Å². The van der Waals surface area contributed by atoms with Gasteiger partial charge in [-0.25, -0.2) is 0 Å². The molecule has 0 amide bonds. The first-order valence-electron chi connectivity index (χ1n) is 1.47. The minimum absolute atomic E-state index is 0.704. The summed E-state index contributed by atoms with van der Waals surface area (Å²) in [7, 11) is -1.17. The molecule has 1 heterocycles. The molecule has 0 spiro atoms.